The molecule has 0 saturated carbocycles. The Bertz CT molecular complexity index is 731. The fourth-order valence-corrected chi connectivity index (χ4v) is 3.26. The quantitative estimate of drug-likeness (QED) is 0.516. The normalized spacial score (nSPS) is 21.3. The molecular weight excluding hydrogens is 333 g/mol. The molecule has 5 N–H and O–H groups in total. The van der Waals surface area contributed by atoms with Gasteiger partial charge in [-0.1, -0.05) is 19.1 Å². The zero-order valence-electron chi connectivity index (χ0n) is 13.1. The number of nitrogens with zero attached hydrogens (tertiary/aromatic N) is 1. The van der Waals surface area contributed by atoms with Gasteiger partial charge in [-0.3, -0.25) is 0 Å². The van der Waals surface area contributed by atoms with E-state index in [4.69, 9.17) is 9.79 Å². The maximum atomic E-state index is 11.2. The average molecular weight is 353 g/mol. The summed E-state index contributed by atoms with van der Waals surface area (Å²) in [6.07, 6.45) is 3.36. The van der Waals surface area contributed by atoms with E-state index in [1.807, 2.05) is 6.92 Å². The van der Waals surface area contributed by atoms with Gasteiger partial charge in [0, 0.05) is 12.2 Å². The van der Waals surface area contributed by atoms with Crippen LogP contribution in [0.4, 0.5) is 0 Å². The van der Waals surface area contributed by atoms with Crippen LogP contribution in [0.3, 0.4) is 0 Å². The zero-order chi connectivity index (χ0) is 17.9. The topological polar surface area (TPSA) is 131 Å². The van der Waals surface area contributed by atoms with Crippen molar-refractivity contribution in [2.45, 2.75) is 25.7 Å². The summed E-state index contributed by atoms with van der Waals surface area (Å²) >= 11 is 0. The van der Waals surface area contributed by atoms with Crippen LogP contribution < -0.4 is 0 Å². The van der Waals surface area contributed by atoms with Crippen LogP contribution in [0.15, 0.2) is 52.7 Å². The third kappa shape index (κ3) is 4.71. The van der Waals surface area contributed by atoms with Gasteiger partial charge in [0.15, 0.2) is 0 Å². The molecular formula is C16H20NO6P. The SMILES string of the molecule is CCC(CC1C(O)=CC(O)=C/C1=N\P(=O)(O)O)c1ccc(O)cc1. The van der Waals surface area contributed by atoms with E-state index in [9.17, 15) is 19.9 Å². The Hall–Kier alpha value is -2.08. The minimum atomic E-state index is -4.69. The van der Waals surface area contributed by atoms with E-state index in [-0.39, 0.29) is 28.9 Å². The second kappa shape index (κ2) is 7.21. The molecule has 8 heteroatoms. The van der Waals surface area contributed by atoms with Crippen molar-refractivity contribution in [1.29, 1.82) is 0 Å². The molecule has 0 radical (unpaired) electrons. The van der Waals surface area contributed by atoms with Crippen molar-refractivity contribution >= 4 is 13.5 Å². The van der Waals surface area contributed by atoms with E-state index in [0.717, 1.165) is 17.7 Å². The number of rotatable bonds is 5. The van der Waals surface area contributed by atoms with Crippen molar-refractivity contribution in [3.05, 3.63) is 53.5 Å². The fourth-order valence-electron chi connectivity index (χ4n) is 2.76. The second-order valence-electron chi connectivity index (χ2n) is 5.66. The molecule has 0 bridgehead atoms. The lowest BCUT2D eigenvalue weighted by molar-refractivity contribution is 0.333. The van der Waals surface area contributed by atoms with Gasteiger partial charge in [0.1, 0.15) is 17.3 Å². The van der Waals surface area contributed by atoms with Gasteiger partial charge in [-0.2, -0.15) is 4.76 Å². The maximum Gasteiger partial charge on any atom is 0.448 e. The number of allylic oxidation sites excluding steroid dienone is 3. The molecule has 0 aliphatic heterocycles. The highest BCUT2D eigenvalue weighted by Crippen LogP contribution is 2.40. The zero-order valence-corrected chi connectivity index (χ0v) is 14.0. The van der Waals surface area contributed by atoms with Gasteiger partial charge in [-0.15, -0.1) is 0 Å². The molecule has 0 saturated heterocycles. The number of phenolic OH excluding ortho intramolecular Hbond substituents is 1. The predicted molar refractivity (Wildman–Crippen MR) is 90.1 cm³/mol. The third-order valence-corrected chi connectivity index (χ3v) is 4.42. The predicted octanol–water partition coefficient (Wildman–Crippen LogP) is 3.32. The van der Waals surface area contributed by atoms with Crippen LogP contribution in [0.25, 0.3) is 0 Å². The smallest absolute Gasteiger partial charge is 0.448 e. The lowest BCUT2D eigenvalue weighted by Crippen LogP contribution is -2.22. The highest BCUT2D eigenvalue weighted by molar-refractivity contribution is 7.50. The van der Waals surface area contributed by atoms with Crippen molar-refractivity contribution in [2.75, 3.05) is 0 Å². The molecule has 1 aliphatic carbocycles. The number of hydrogen-bond donors (Lipinski definition) is 5. The number of aliphatic hydroxyl groups is 2. The van der Waals surface area contributed by atoms with Crippen molar-refractivity contribution in [1.82, 2.24) is 0 Å². The molecule has 24 heavy (non-hydrogen) atoms. The first-order chi connectivity index (χ1) is 11.2. The van der Waals surface area contributed by atoms with Gasteiger partial charge in [-0.25, -0.2) is 4.57 Å². The summed E-state index contributed by atoms with van der Waals surface area (Å²) in [4.78, 5) is 18.2. The standard InChI is InChI=1S/C16H20NO6P/c1-2-10(11-3-5-12(18)6-4-11)7-14-15(17-24(21,22)23)8-13(19)9-16(14)20/h3-6,8-10,14,18-20H,2,7H2,1H3,(H2,21,22,23)/b17-15+. The van der Waals surface area contributed by atoms with E-state index in [1.165, 1.54) is 0 Å². The Morgan fingerprint density at radius 2 is 1.75 bits per heavy atom. The van der Waals surface area contributed by atoms with Crippen LogP contribution in [0, 0.1) is 5.92 Å². The molecule has 0 heterocycles. The van der Waals surface area contributed by atoms with E-state index in [2.05, 4.69) is 4.76 Å². The summed E-state index contributed by atoms with van der Waals surface area (Å²) in [6.45, 7) is 1.95. The Morgan fingerprint density at radius 3 is 2.29 bits per heavy atom. The maximum absolute atomic E-state index is 11.2. The summed E-state index contributed by atoms with van der Waals surface area (Å²) < 4.78 is 14.5. The molecule has 7 nitrogen and oxygen atoms in total. The summed E-state index contributed by atoms with van der Waals surface area (Å²) in [7, 11) is -4.69. The number of phenols is 1. The summed E-state index contributed by atoms with van der Waals surface area (Å²) in [6, 6.07) is 6.65. The molecule has 0 aromatic heterocycles. The van der Waals surface area contributed by atoms with Crippen LogP contribution in [0.2, 0.25) is 0 Å². The Kier molecular flexibility index (Phi) is 5.49. The lowest BCUT2D eigenvalue weighted by atomic mass is 9.82. The van der Waals surface area contributed by atoms with E-state index >= 15 is 0 Å². The molecule has 130 valence electrons. The second-order valence-corrected chi connectivity index (χ2v) is 6.89. The largest absolute Gasteiger partial charge is 0.511 e. The van der Waals surface area contributed by atoms with Crippen molar-refractivity contribution in [3.63, 3.8) is 0 Å². The third-order valence-electron chi connectivity index (χ3n) is 3.93. The average Bonchev–Trinajstić information content (AvgIpc) is 2.46. The Labute approximate surface area is 139 Å². The molecule has 2 rings (SSSR count). The molecule has 2 atom stereocenters. The first kappa shape index (κ1) is 18.3. The first-order valence-electron chi connectivity index (χ1n) is 7.45. The van der Waals surface area contributed by atoms with Gasteiger partial charge in [0.05, 0.1) is 11.6 Å². The summed E-state index contributed by atoms with van der Waals surface area (Å²) in [5.74, 6) is -1.12. The van der Waals surface area contributed by atoms with Crippen LogP contribution in [-0.2, 0) is 4.57 Å². The Morgan fingerprint density at radius 1 is 1.12 bits per heavy atom. The lowest BCUT2D eigenvalue weighted by Gasteiger charge is -2.25. The molecule has 1 aromatic rings. The fraction of sp³-hybridized carbons (Fsp3) is 0.312. The number of benzene rings is 1. The van der Waals surface area contributed by atoms with E-state index in [1.54, 1.807) is 24.3 Å². The number of hydrogen-bond acceptors (Lipinski definition) is 4. The summed E-state index contributed by atoms with van der Waals surface area (Å²) in [5, 5.41) is 29.1. The van der Waals surface area contributed by atoms with Gasteiger partial charge in [0.25, 0.3) is 0 Å². The van der Waals surface area contributed by atoms with E-state index in [0.29, 0.717) is 12.8 Å². The molecule has 1 aliphatic rings. The van der Waals surface area contributed by atoms with E-state index < -0.39 is 13.7 Å². The monoisotopic (exact) mass is 353 g/mol. The van der Waals surface area contributed by atoms with Crippen molar-refractivity contribution in [2.24, 2.45) is 10.7 Å². The number of aliphatic hydroxyl groups excluding tert-OH is 2. The molecule has 1 aromatic carbocycles. The van der Waals surface area contributed by atoms with Crippen LogP contribution in [-0.4, -0.2) is 30.8 Å². The van der Waals surface area contributed by atoms with Crippen molar-refractivity contribution < 1.29 is 29.7 Å². The summed E-state index contributed by atoms with van der Waals surface area (Å²) in [5.41, 5.74) is 0.871. The van der Waals surface area contributed by atoms with Crippen LogP contribution >= 0.6 is 7.75 Å². The van der Waals surface area contributed by atoms with Gasteiger partial charge in [0.2, 0.25) is 0 Å². The minimum absolute atomic E-state index is 0.0261. The van der Waals surface area contributed by atoms with Crippen LogP contribution in [0.1, 0.15) is 31.2 Å². The highest BCUT2D eigenvalue weighted by Gasteiger charge is 2.29. The van der Waals surface area contributed by atoms with Crippen LogP contribution in [0.5, 0.6) is 5.75 Å². The number of aromatic hydroxyl groups is 1. The molecule has 2 unspecified atom stereocenters. The van der Waals surface area contributed by atoms with Crippen molar-refractivity contribution in [3.8, 4) is 5.75 Å². The van der Waals surface area contributed by atoms with Gasteiger partial charge in [-0.05, 0) is 36.5 Å². The molecule has 0 fully saturated rings. The Balaban J connectivity index is 2.33. The molecule has 0 spiro atoms. The minimum Gasteiger partial charge on any atom is -0.511 e. The highest BCUT2D eigenvalue weighted by atomic mass is 31.2. The van der Waals surface area contributed by atoms with Gasteiger partial charge >= 0.3 is 7.75 Å². The first-order valence-corrected chi connectivity index (χ1v) is 9.02. The van der Waals surface area contributed by atoms with Gasteiger partial charge < -0.3 is 25.1 Å². The molecule has 0 amide bonds.